The van der Waals surface area contributed by atoms with Gasteiger partial charge < -0.3 is 14.8 Å². The lowest BCUT2D eigenvalue weighted by Crippen LogP contribution is -2.16. The summed E-state index contributed by atoms with van der Waals surface area (Å²) in [6, 6.07) is 5.12. The summed E-state index contributed by atoms with van der Waals surface area (Å²) >= 11 is 0. The third-order valence-electron chi connectivity index (χ3n) is 5.18. The zero-order valence-corrected chi connectivity index (χ0v) is 17.2. The molecule has 31 heavy (non-hydrogen) atoms. The maximum Gasteiger partial charge on any atom is 0.275 e. The van der Waals surface area contributed by atoms with Crippen LogP contribution in [0.5, 0.6) is 5.88 Å². The van der Waals surface area contributed by atoms with Gasteiger partial charge in [-0.1, -0.05) is 0 Å². The molecule has 0 aliphatic heterocycles. The Hall–Kier alpha value is -3.78. The van der Waals surface area contributed by atoms with Gasteiger partial charge >= 0.3 is 0 Å². The molecule has 0 bridgehead atoms. The van der Waals surface area contributed by atoms with Gasteiger partial charge in [0, 0.05) is 38.0 Å². The molecule has 1 aliphatic carbocycles. The molecule has 0 saturated heterocycles. The third-order valence-corrected chi connectivity index (χ3v) is 5.18. The number of aromatic amines is 1. The van der Waals surface area contributed by atoms with Crippen LogP contribution >= 0.6 is 0 Å². The molecular formula is C20H22N8O3. The van der Waals surface area contributed by atoms with E-state index in [-0.39, 0.29) is 23.8 Å². The lowest BCUT2D eigenvalue weighted by molar-refractivity contribution is 0.101. The second-order valence-electron chi connectivity index (χ2n) is 7.32. The Labute approximate surface area is 178 Å². The first-order chi connectivity index (χ1) is 15.1. The summed E-state index contributed by atoms with van der Waals surface area (Å²) in [7, 11) is 3.29. The number of carbonyl (C=O) groups excluding carboxylic acids is 1. The van der Waals surface area contributed by atoms with E-state index >= 15 is 0 Å². The number of aryl methyl sites for hydroxylation is 1. The Kier molecular flexibility index (Phi) is 5.90. The number of nitrogens with zero attached hydrogens (tertiary/aromatic N) is 6. The second kappa shape index (κ2) is 8.93. The van der Waals surface area contributed by atoms with E-state index in [9.17, 15) is 4.79 Å². The average molecular weight is 422 g/mol. The molecule has 0 spiro atoms. The Morgan fingerprint density at radius 2 is 2.29 bits per heavy atom. The fraction of sp³-hybridized carbons (Fsp3) is 0.400. The van der Waals surface area contributed by atoms with Gasteiger partial charge in [-0.2, -0.15) is 15.3 Å². The van der Waals surface area contributed by atoms with E-state index in [1.165, 1.54) is 10.9 Å². The van der Waals surface area contributed by atoms with E-state index < -0.39 is 0 Å². The normalized spacial score (nSPS) is 18.0. The number of anilines is 1. The molecule has 11 nitrogen and oxygen atoms in total. The van der Waals surface area contributed by atoms with Crippen molar-refractivity contribution in [3.05, 3.63) is 52.9 Å². The zero-order valence-electron chi connectivity index (χ0n) is 17.2. The van der Waals surface area contributed by atoms with Crippen LogP contribution in [0.25, 0.3) is 4.85 Å². The van der Waals surface area contributed by atoms with E-state index in [1.807, 2.05) is 6.07 Å². The number of H-pyrrole nitrogens is 1. The molecule has 2 atom stereocenters. The summed E-state index contributed by atoms with van der Waals surface area (Å²) in [5, 5.41) is 22.0. The summed E-state index contributed by atoms with van der Waals surface area (Å²) in [6.07, 6.45) is 3.90. The molecule has 11 heteroatoms. The van der Waals surface area contributed by atoms with E-state index in [4.69, 9.17) is 16.0 Å². The molecule has 1 aliphatic rings. The predicted octanol–water partition coefficient (Wildman–Crippen LogP) is 2.60. The smallest absolute Gasteiger partial charge is 0.275 e. The van der Waals surface area contributed by atoms with Crippen LogP contribution in [0.4, 0.5) is 11.5 Å². The van der Waals surface area contributed by atoms with Crippen LogP contribution < -0.4 is 10.1 Å². The van der Waals surface area contributed by atoms with Crippen LogP contribution in [0, 0.1) is 6.57 Å². The number of carbonyl (C=O) groups is 1. The SMILES string of the molecule is [C-]#[N+]c1ccnnc1O[C@H]1CC[C@@H](c2cc(NC(=O)c3cc(COC)nn3C)n[nH]2)C1. The maximum absolute atomic E-state index is 12.6. The Balaban J connectivity index is 1.37. The van der Waals surface area contributed by atoms with Crippen molar-refractivity contribution in [1.29, 1.82) is 0 Å². The molecule has 4 rings (SSSR count). The first-order valence-electron chi connectivity index (χ1n) is 9.81. The largest absolute Gasteiger partial charge is 0.482 e. The summed E-state index contributed by atoms with van der Waals surface area (Å²) < 4.78 is 12.5. The molecular weight excluding hydrogens is 400 g/mol. The molecule has 0 aromatic carbocycles. The van der Waals surface area contributed by atoms with Gasteiger partial charge in [0.1, 0.15) is 5.69 Å². The van der Waals surface area contributed by atoms with Crippen molar-refractivity contribution in [3.8, 4) is 5.88 Å². The zero-order chi connectivity index (χ0) is 21.8. The highest BCUT2D eigenvalue weighted by atomic mass is 16.5. The Morgan fingerprint density at radius 1 is 1.42 bits per heavy atom. The fourth-order valence-corrected chi connectivity index (χ4v) is 3.72. The molecule has 1 amide bonds. The predicted molar refractivity (Wildman–Crippen MR) is 110 cm³/mol. The van der Waals surface area contributed by atoms with Gasteiger partial charge in [0.15, 0.2) is 5.82 Å². The first-order valence-corrected chi connectivity index (χ1v) is 9.81. The van der Waals surface area contributed by atoms with Crippen molar-refractivity contribution in [2.75, 3.05) is 12.4 Å². The highest BCUT2D eigenvalue weighted by Gasteiger charge is 2.30. The molecule has 1 saturated carbocycles. The molecule has 3 aromatic heterocycles. The number of amides is 1. The molecule has 2 N–H and O–H groups in total. The van der Waals surface area contributed by atoms with Crippen LogP contribution in [0.15, 0.2) is 24.4 Å². The summed E-state index contributed by atoms with van der Waals surface area (Å²) in [6.45, 7) is 7.54. The highest BCUT2D eigenvalue weighted by Crippen LogP contribution is 2.37. The van der Waals surface area contributed by atoms with E-state index in [0.717, 1.165) is 25.0 Å². The summed E-state index contributed by atoms with van der Waals surface area (Å²) in [4.78, 5) is 16.0. The molecule has 160 valence electrons. The number of methoxy groups -OCH3 is 1. The van der Waals surface area contributed by atoms with E-state index in [1.54, 1.807) is 26.3 Å². The Morgan fingerprint density at radius 3 is 3.10 bits per heavy atom. The number of aromatic nitrogens is 6. The van der Waals surface area contributed by atoms with Crippen molar-refractivity contribution in [2.45, 2.75) is 37.9 Å². The van der Waals surface area contributed by atoms with Gasteiger partial charge in [0.05, 0.1) is 25.0 Å². The van der Waals surface area contributed by atoms with Crippen LogP contribution in [0.3, 0.4) is 0 Å². The minimum Gasteiger partial charge on any atom is -0.482 e. The number of rotatable bonds is 7. The van der Waals surface area contributed by atoms with Crippen LogP contribution in [0.1, 0.15) is 47.1 Å². The molecule has 0 radical (unpaired) electrons. The maximum atomic E-state index is 12.6. The topological polar surface area (TPSA) is 124 Å². The van der Waals surface area contributed by atoms with Crippen LogP contribution in [0.2, 0.25) is 0 Å². The van der Waals surface area contributed by atoms with E-state index in [0.29, 0.717) is 29.5 Å². The fourth-order valence-electron chi connectivity index (χ4n) is 3.72. The lowest BCUT2D eigenvalue weighted by Gasteiger charge is -2.13. The van der Waals surface area contributed by atoms with Crippen molar-refractivity contribution in [2.24, 2.45) is 7.05 Å². The highest BCUT2D eigenvalue weighted by molar-refractivity contribution is 6.02. The van der Waals surface area contributed by atoms with Gasteiger partial charge in [0.2, 0.25) is 11.6 Å². The van der Waals surface area contributed by atoms with Crippen LogP contribution in [-0.4, -0.2) is 49.3 Å². The molecule has 0 unspecified atom stereocenters. The van der Waals surface area contributed by atoms with Gasteiger partial charge in [-0.15, -0.1) is 5.10 Å². The van der Waals surface area contributed by atoms with Crippen molar-refractivity contribution >= 4 is 17.4 Å². The average Bonchev–Trinajstić information content (AvgIpc) is 3.49. The van der Waals surface area contributed by atoms with Crippen molar-refractivity contribution < 1.29 is 14.3 Å². The first kappa shape index (κ1) is 20.5. The number of nitrogens with one attached hydrogen (secondary N) is 2. The lowest BCUT2D eigenvalue weighted by atomic mass is 10.0. The minimum atomic E-state index is -0.294. The van der Waals surface area contributed by atoms with Gasteiger partial charge in [0.25, 0.3) is 5.91 Å². The molecule has 1 fully saturated rings. The second-order valence-corrected chi connectivity index (χ2v) is 7.32. The van der Waals surface area contributed by atoms with Gasteiger partial charge in [-0.05, 0) is 31.4 Å². The van der Waals surface area contributed by atoms with Crippen LogP contribution in [-0.2, 0) is 18.4 Å². The standard InChI is InChI=1S/C20H22N8O3/c1-21-15-6-7-22-26-20(15)31-14-5-4-12(8-14)16-10-18(25-24-16)23-19(29)17-9-13(11-30-3)27-28(17)2/h6-7,9-10,12,14H,4-5,8,11H2,2-3H3,(H2,23,24,25,29)/t12-,14+/m1/s1. The van der Waals surface area contributed by atoms with Crippen molar-refractivity contribution in [1.82, 2.24) is 30.2 Å². The summed E-state index contributed by atoms with van der Waals surface area (Å²) in [5.41, 5.74) is 2.38. The van der Waals surface area contributed by atoms with Gasteiger partial charge in [-0.3, -0.25) is 14.6 Å². The van der Waals surface area contributed by atoms with E-state index in [2.05, 4.69) is 35.7 Å². The number of hydrogen-bond donors (Lipinski definition) is 2. The quantitative estimate of drug-likeness (QED) is 0.561. The monoisotopic (exact) mass is 422 g/mol. The molecule has 3 aromatic rings. The number of ether oxygens (including phenoxy) is 2. The van der Waals surface area contributed by atoms with Gasteiger partial charge in [-0.25, -0.2) is 4.85 Å². The minimum absolute atomic E-state index is 0.0582. The molecule has 3 heterocycles. The number of hydrogen-bond acceptors (Lipinski definition) is 7. The Bertz CT molecular complexity index is 1120. The third kappa shape index (κ3) is 4.54. The summed E-state index contributed by atoms with van der Waals surface area (Å²) in [5.74, 6) is 0.631. The van der Waals surface area contributed by atoms with Crippen molar-refractivity contribution in [3.63, 3.8) is 0 Å².